The van der Waals surface area contributed by atoms with Crippen molar-refractivity contribution >= 4 is 20.2 Å². The fourth-order valence-electron chi connectivity index (χ4n) is 1.30. The molecule has 0 aliphatic rings. The van der Waals surface area contributed by atoms with Gasteiger partial charge in [-0.1, -0.05) is 27.0 Å². The average molecular weight is 361 g/mol. The van der Waals surface area contributed by atoms with Crippen molar-refractivity contribution in [1.82, 2.24) is 0 Å². The van der Waals surface area contributed by atoms with Gasteiger partial charge in [0.05, 0.1) is 0 Å². The van der Waals surface area contributed by atoms with Crippen molar-refractivity contribution in [3.63, 3.8) is 0 Å². The van der Waals surface area contributed by atoms with Gasteiger partial charge in [0.2, 0.25) is 0 Å². The summed E-state index contributed by atoms with van der Waals surface area (Å²) in [4.78, 5) is 22.9. The van der Waals surface area contributed by atoms with E-state index in [4.69, 9.17) is 18.5 Å². The third-order valence-corrected chi connectivity index (χ3v) is 3.61. The molecule has 7 nitrogen and oxygen atoms in total. The molecule has 0 aromatic rings. The Hall–Kier alpha value is -1.56. The summed E-state index contributed by atoms with van der Waals surface area (Å²) in [6.45, 7) is 13.5. The predicted molar refractivity (Wildman–Crippen MR) is 89.5 cm³/mol. The molecule has 8 heteroatoms. The zero-order valence-corrected chi connectivity index (χ0v) is 15.6. The van der Waals surface area contributed by atoms with Crippen LogP contribution in [0, 0.1) is 0 Å². The summed E-state index contributed by atoms with van der Waals surface area (Å²) in [6, 6.07) is 0. The smallest absolute Gasteiger partial charge is 0.456 e. The van der Waals surface area contributed by atoms with Crippen LogP contribution in [-0.4, -0.2) is 37.4 Å². The highest BCUT2D eigenvalue weighted by atomic mass is 31.1. The van der Waals surface area contributed by atoms with Crippen LogP contribution in [0.1, 0.15) is 40.5 Å². The Morgan fingerprint density at radius 1 is 0.875 bits per heavy atom. The van der Waals surface area contributed by atoms with Crippen molar-refractivity contribution in [3.05, 3.63) is 24.3 Å². The molecule has 2 unspecified atom stereocenters. The summed E-state index contributed by atoms with van der Waals surface area (Å²) in [5.41, 5.74) is 0.554. The number of carbonyl (C=O) groups excluding carboxylic acids is 2. The molecule has 24 heavy (non-hydrogen) atoms. The Morgan fingerprint density at radius 2 is 1.21 bits per heavy atom. The van der Waals surface area contributed by atoms with Crippen LogP contribution in [0.4, 0.5) is 0 Å². The van der Waals surface area contributed by atoms with Crippen LogP contribution in [0.2, 0.25) is 0 Å². The van der Waals surface area contributed by atoms with E-state index in [0.29, 0.717) is 12.8 Å². The molecule has 0 N–H and O–H groups in total. The summed E-state index contributed by atoms with van der Waals surface area (Å²) in [6.07, 6.45) is -0.0913. The maximum absolute atomic E-state index is 11.7. The number of hydrogen-bond donors (Lipinski definition) is 0. The molecule has 0 aromatic carbocycles. The van der Waals surface area contributed by atoms with Crippen LogP contribution in [0.5, 0.6) is 0 Å². The standard InChI is InChI=1S/C16H26O7P/c1-7-13(22-15(17)11(3)4)9-20-24(19)21-10-14(8-2)23-16(18)12(5)6/h13-14H,3,5,7-10H2,1-2,4,6H3/q+1. The zero-order valence-electron chi connectivity index (χ0n) is 14.7. The second-order valence-electron chi connectivity index (χ2n) is 5.25. The van der Waals surface area contributed by atoms with Crippen molar-refractivity contribution < 1.29 is 32.7 Å². The fraction of sp³-hybridized carbons (Fsp3) is 0.625. The normalized spacial score (nSPS) is 13.6. The van der Waals surface area contributed by atoms with E-state index in [9.17, 15) is 14.2 Å². The third-order valence-electron chi connectivity index (χ3n) is 2.89. The molecule has 0 aliphatic carbocycles. The molecule has 0 saturated carbocycles. The SMILES string of the molecule is C=C(C)C(=O)OC(CC)CO[P+](=O)OCC(CC)OC(=O)C(=C)C. The number of rotatable bonds is 12. The van der Waals surface area contributed by atoms with Crippen molar-refractivity contribution in [2.45, 2.75) is 52.7 Å². The largest absolute Gasteiger partial charge is 0.697 e. The quantitative estimate of drug-likeness (QED) is 0.299. The molecule has 0 fully saturated rings. The minimum Gasteiger partial charge on any atom is -0.456 e. The van der Waals surface area contributed by atoms with Gasteiger partial charge in [-0.3, -0.25) is 0 Å². The number of hydrogen-bond acceptors (Lipinski definition) is 7. The number of esters is 2. The Balaban J connectivity index is 4.23. The minimum absolute atomic E-state index is 0.0624. The first-order valence-electron chi connectivity index (χ1n) is 7.67. The van der Waals surface area contributed by atoms with Gasteiger partial charge < -0.3 is 9.47 Å². The lowest BCUT2D eigenvalue weighted by Crippen LogP contribution is -2.23. The summed E-state index contributed by atoms with van der Waals surface area (Å²) in [5.74, 6) is -1.06. The van der Waals surface area contributed by atoms with Crippen LogP contribution in [0.15, 0.2) is 24.3 Å². The molecule has 0 aromatic heterocycles. The highest BCUT2D eigenvalue weighted by Gasteiger charge is 2.27. The van der Waals surface area contributed by atoms with Crippen LogP contribution in [-0.2, 0) is 32.7 Å². The van der Waals surface area contributed by atoms with Gasteiger partial charge in [-0.2, -0.15) is 0 Å². The lowest BCUT2D eigenvalue weighted by molar-refractivity contribution is -0.146. The van der Waals surface area contributed by atoms with Crippen molar-refractivity contribution in [3.8, 4) is 0 Å². The van der Waals surface area contributed by atoms with E-state index in [0.717, 1.165) is 0 Å². The van der Waals surface area contributed by atoms with Crippen LogP contribution >= 0.6 is 8.25 Å². The highest BCUT2D eigenvalue weighted by molar-refractivity contribution is 7.33. The van der Waals surface area contributed by atoms with E-state index in [1.807, 2.05) is 0 Å². The second kappa shape index (κ2) is 11.9. The van der Waals surface area contributed by atoms with Crippen molar-refractivity contribution in [2.24, 2.45) is 0 Å². The molecule has 0 radical (unpaired) electrons. The molecule has 0 heterocycles. The maximum atomic E-state index is 11.7. The van der Waals surface area contributed by atoms with Gasteiger partial charge in [0.25, 0.3) is 0 Å². The monoisotopic (exact) mass is 361 g/mol. The Labute approximate surface area is 143 Å². The molecule has 0 bridgehead atoms. The minimum atomic E-state index is -2.42. The van der Waals surface area contributed by atoms with Crippen LogP contribution in [0.25, 0.3) is 0 Å². The summed E-state index contributed by atoms with van der Waals surface area (Å²) in [7, 11) is -2.42. The topological polar surface area (TPSA) is 88.1 Å². The van der Waals surface area contributed by atoms with Gasteiger partial charge >= 0.3 is 20.2 Å². The van der Waals surface area contributed by atoms with Crippen molar-refractivity contribution in [2.75, 3.05) is 13.2 Å². The summed E-state index contributed by atoms with van der Waals surface area (Å²) >= 11 is 0. The number of carbonyl (C=O) groups is 2. The Bertz CT molecular complexity index is 445. The molecule has 0 aliphatic heterocycles. The van der Waals surface area contributed by atoms with Gasteiger partial charge in [0.15, 0.2) is 0 Å². The van der Waals surface area contributed by atoms with Gasteiger partial charge in [-0.05, 0) is 26.7 Å². The lowest BCUT2D eigenvalue weighted by atomic mass is 10.3. The third kappa shape index (κ3) is 9.55. The lowest BCUT2D eigenvalue weighted by Gasteiger charge is -2.14. The van der Waals surface area contributed by atoms with Gasteiger partial charge in [0.1, 0.15) is 25.4 Å². The van der Waals surface area contributed by atoms with E-state index >= 15 is 0 Å². The van der Waals surface area contributed by atoms with Gasteiger partial charge in [-0.25, -0.2) is 9.59 Å². The molecule has 2 atom stereocenters. The van der Waals surface area contributed by atoms with Crippen LogP contribution < -0.4 is 0 Å². The first kappa shape index (κ1) is 22.4. The van der Waals surface area contributed by atoms with Crippen LogP contribution in [0.3, 0.4) is 0 Å². The second-order valence-corrected chi connectivity index (χ2v) is 6.21. The van der Waals surface area contributed by atoms with E-state index in [1.165, 1.54) is 13.8 Å². The first-order valence-corrected chi connectivity index (χ1v) is 8.76. The summed E-state index contributed by atoms with van der Waals surface area (Å²) in [5, 5.41) is 0. The highest BCUT2D eigenvalue weighted by Crippen LogP contribution is 2.25. The van der Waals surface area contributed by atoms with Crippen molar-refractivity contribution in [1.29, 1.82) is 0 Å². The average Bonchev–Trinajstić information content (AvgIpc) is 2.54. The Kier molecular flexibility index (Phi) is 11.1. The molecule has 0 amide bonds. The molecule has 136 valence electrons. The van der Waals surface area contributed by atoms with Gasteiger partial charge in [-0.15, -0.1) is 9.05 Å². The first-order chi connectivity index (χ1) is 11.2. The number of ether oxygens (including phenoxy) is 2. The van der Waals surface area contributed by atoms with E-state index in [-0.39, 0.29) is 24.4 Å². The van der Waals surface area contributed by atoms with Gasteiger partial charge in [0, 0.05) is 15.7 Å². The summed E-state index contributed by atoms with van der Waals surface area (Å²) < 4.78 is 32.0. The van der Waals surface area contributed by atoms with E-state index < -0.39 is 32.4 Å². The Morgan fingerprint density at radius 3 is 1.46 bits per heavy atom. The van der Waals surface area contributed by atoms with E-state index in [1.54, 1.807) is 13.8 Å². The molecule has 0 spiro atoms. The molecule has 0 saturated heterocycles. The fourth-order valence-corrected chi connectivity index (χ4v) is 1.95. The molecule has 0 rings (SSSR count). The molecular weight excluding hydrogens is 335 g/mol. The predicted octanol–water partition coefficient (Wildman–Crippen LogP) is 3.47. The zero-order chi connectivity index (χ0) is 18.7. The van der Waals surface area contributed by atoms with E-state index in [2.05, 4.69) is 13.2 Å². The molecular formula is C16H26O7P+. The maximum Gasteiger partial charge on any atom is 0.697 e.